The SMILES string of the molecule is Fc1ccc(CNc2nc(NCc3ccc(F)cc3)nc(N/N=C/c3ccc(I)cc3)n2)cc1. The van der Waals surface area contributed by atoms with Gasteiger partial charge in [-0.2, -0.15) is 20.1 Å². The van der Waals surface area contributed by atoms with Crippen LogP contribution in [0.15, 0.2) is 77.9 Å². The second-order valence-electron chi connectivity index (χ2n) is 7.19. The minimum Gasteiger partial charge on any atom is -0.350 e. The number of hydrazone groups is 1. The van der Waals surface area contributed by atoms with Gasteiger partial charge in [-0.05, 0) is 75.7 Å². The molecule has 0 aliphatic carbocycles. The summed E-state index contributed by atoms with van der Waals surface area (Å²) >= 11 is 2.24. The highest BCUT2D eigenvalue weighted by molar-refractivity contribution is 14.1. The summed E-state index contributed by atoms with van der Waals surface area (Å²) in [7, 11) is 0. The average molecular weight is 571 g/mol. The minimum atomic E-state index is -0.298. The number of halogens is 3. The van der Waals surface area contributed by atoms with Crippen LogP contribution in [0, 0.1) is 15.2 Å². The van der Waals surface area contributed by atoms with Gasteiger partial charge in [-0.1, -0.05) is 36.4 Å². The molecule has 34 heavy (non-hydrogen) atoms. The Hall–Kier alpha value is -3.67. The van der Waals surface area contributed by atoms with E-state index >= 15 is 0 Å². The summed E-state index contributed by atoms with van der Waals surface area (Å²) in [5.41, 5.74) is 5.49. The molecule has 172 valence electrons. The van der Waals surface area contributed by atoms with Crippen molar-refractivity contribution in [1.29, 1.82) is 0 Å². The van der Waals surface area contributed by atoms with Gasteiger partial charge in [-0.3, -0.25) is 0 Å². The van der Waals surface area contributed by atoms with E-state index in [-0.39, 0.29) is 17.6 Å². The number of rotatable bonds is 9. The molecule has 0 aliphatic rings. The average Bonchev–Trinajstić information content (AvgIpc) is 2.85. The van der Waals surface area contributed by atoms with Crippen LogP contribution in [0.25, 0.3) is 0 Å². The Morgan fingerprint density at radius 2 is 1.15 bits per heavy atom. The molecule has 0 spiro atoms. The molecule has 0 saturated heterocycles. The quantitative estimate of drug-likeness (QED) is 0.141. The van der Waals surface area contributed by atoms with Crippen LogP contribution in [0.2, 0.25) is 0 Å². The normalized spacial score (nSPS) is 10.9. The van der Waals surface area contributed by atoms with Crippen molar-refractivity contribution in [2.45, 2.75) is 13.1 Å². The van der Waals surface area contributed by atoms with Crippen LogP contribution in [0.5, 0.6) is 0 Å². The molecule has 7 nitrogen and oxygen atoms in total. The van der Waals surface area contributed by atoms with Crippen molar-refractivity contribution >= 4 is 46.7 Å². The first-order valence-corrected chi connectivity index (χ1v) is 11.4. The highest BCUT2D eigenvalue weighted by atomic mass is 127. The van der Waals surface area contributed by atoms with Crippen LogP contribution < -0.4 is 16.1 Å². The summed E-state index contributed by atoms with van der Waals surface area (Å²) in [6.45, 7) is 0.792. The summed E-state index contributed by atoms with van der Waals surface area (Å²) in [4.78, 5) is 13.1. The van der Waals surface area contributed by atoms with E-state index < -0.39 is 0 Å². The van der Waals surface area contributed by atoms with Gasteiger partial charge >= 0.3 is 0 Å². The third-order valence-electron chi connectivity index (χ3n) is 4.61. The van der Waals surface area contributed by atoms with E-state index in [0.29, 0.717) is 25.0 Å². The molecule has 1 aromatic heterocycles. The Balaban J connectivity index is 1.48. The number of aromatic nitrogens is 3. The Labute approximate surface area is 208 Å². The van der Waals surface area contributed by atoms with E-state index in [0.717, 1.165) is 20.3 Å². The van der Waals surface area contributed by atoms with Crippen molar-refractivity contribution in [1.82, 2.24) is 15.0 Å². The van der Waals surface area contributed by atoms with E-state index in [2.05, 4.69) is 58.7 Å². The highest BCUT2D eigenvalue weighted by Gasteiger charge is 2.07. The lowest BCUT2D eigenvalue weighted by molar-refractivity contribution is 0.626. The van der Waals surface area contributed by atoms with Crippen LogP contribution in [0.3, 0.4) is 0 Å². The van der Waals surface area contributed by atoms with Crippen molar-refractivity contribution in [2.75, 3.05) is 16.1 Å². The molecule has 0 atom stereocenters. The van der Waals surface area contributed by atoms with Crippen molar-refractivity contribution in [3.8, 4) is 0 Å². The third-order valence-corrected chi connectivity index (χ3v) is 5.33. The molecule has 0 bridgehead atoms. The van der Waals surface area contributed by atoms with Crippen molar-refractivity contribution < 1.29 is 8.78 Å². The van der Waals surface area contributed by atoms with Gasteiger partial charge < -0.3 is 10.6 Å². The zero-order valence-corrected chi connectivity index (χ0v) is 20.0. The molecule has 0 aliphatic heterocycles. The number of nitrogens with one attached hydrogen (secondary N) is 3. The number of nitrogens with zero attached hydrogens (tertiary/aromatic N) is 4. The summed E-state index contributed by atoms with van der Waals surface area (Å²) in [5.74, 6) is 0.267. The standard InChI is InChI=1S/C24H20F2IN7/c25-19-7-1-16(2-8-19)13-28-22-31-23(29-14-17-3-9-20(26)10-4-17)33-24(32-22)34-30-15-18-5-11-21(27)12-6-18/h1-12,15H,13-14H2,(H3,28,29,31,32,33,34)/b30-15+. The number of benzene rings is 3. The van der Waals surface area contributed by atoms with Gasteiger partial charge in [0, 0.05) is 16.7 Å². The lowest BCUT2D eigenvalue weighted by Crippen LogP contribution is -2.11. The Bertz CT molecular complexity index is 1180. The van der Waals surface area contributed by atoms with E-state index in [1.165, 1.54) is 24.3 Å². The lowest BCUT2D eigenvalue weighted by atomic mass is 10.2. The minimum absolute atomic E-state index is 0.236. The molecule has 0 amide bonds. The molecule has 0 radical (unpaired) electrons. The van der Waals surface area contributed by atoms with Crippen LogP contribution in [-0.4, -0.2) is 21.2 Å². The number of hydrogen-bond donors (Lipinski definition) is 3. The van der Waals surface area contributed by atoms with Crippen molar-refractivity contribution in [3.63, 3.8) is 0 Å². The first-order chi connectivity index (χ1) is 16.5. The zero-order valence-electron chi connectivity index (χ0n) is 17.8. The van der Waals surface area contributed by atoms with Crippen molar-refractivity contribution in [2.24, 2.45) is 5.10 Å². The summed E-state index contributed by atoms with van der Waals surface area (Å²) in [5, 5.41) is 10.4. The van der Waals surface area contributed by atoms with Crippen LogP contribution in [0.4, 0.5) is 26.6 Å². The fourth-order valence-corrected chi connectivity index (χ4v) is 3.22. The number of anilines is 3. The summed E-state index contributed by atoms with van der Waals surface area (Å²) in [6.07, 6.45) is 1.66. The lowest BCUT2D eigenvalue weighted by Gasteiger charge is -2.10. The maximum Gasteiger partial charge on any atom is 0.250 e. The Morgan fingerprint density at radius 3 is 1.65 bits per heavy atom. The Kier molecular flexibility index (Phi) is 7.91. The summed E-state index contributed by atoms with van der Waals surface area (Å²) < 4.78 is 27.5. The number of hydrogen-bond acceptors (Lipinski definition) is 7. The molecule has 1 heterocycles. The molecule has 0 fully saturated rings. The fraction of sp³-hybridized carbons (Fsp3) is 0.0833. The molecule has 4 aromatic rings. The highest BCUT2D eigenvalue weighted by Crippen LogP contribution is 2.13. The molecule has 10 heteroatoms. The van der Waals surface area contributed by atoms with Crippen LogP contribution >= 0.6 is 22.6 Å². The van der Waals surface area contributed by atoms with Crippen LogP contribution in [0.1, 0.15) is 16.7 Å². The van der Waals surface area contributed by atoms with Gasteiger partial charge in [0.05, 0.1) is 6.21 Å². The second-order valence-corrected chi connectivity index (χ2v) is 8.43. The van der Waals surface area contributed by atoms with E-state index in [4.69, 9.17) is 0 Å². The largest absolute Gasteiger partial charge is 0.350 e. The smallest absolute Gasteiger partial charge is 0.250 e. The van der Waals surface area contributed by atoms with Gasteiger partial charge in [-0.15, -0.1) is 0 Å². The monoisotopic (exact) mass is 571 g/mol. The first kappa shape index (κ1) is 23.5. The van der Waals surface area contributed by atoms with Gasteiger partial charge in [0.2, 0.25) is 17.8 Å². The first-order valence-electron chi connectivity index (χ1n) is 10.3. The van der Waals surface area contributed by atoms with Crippen molar-refractivity contribution in [3.05, 3.63) is 105 Å². The topological polar surface area (TPSA) is 87.1 Å². The molecular weight excluding hydrogens is 551 g/mol. The predicted octanol–water partition coefficient (Wildman–Crippen LogP) is 5.42. The van der Waals surface area contributed by atoms with E-state index in [1.807, 2.05) is 24.3 Å². The Morgan fingerprint density at radius 1 is 0.676 bits per heavy atom. The maximum absolute atomic E-state index is 13.2. The van der Waals surface area contributed by atoms with E-state index in [1.54, 1.807) is 30.5 Å². The van der Waals surface area contributed by atoms with Crippen LogP contribution in [-0.2, 0) is 13.1 Å². The molecule has 0 saturated carbocycles. The molecule has 3 aromatic carbocycles. The molecule has 0 unspecified atom stereocenters. The van der Waals surface area contributed by atoms with Gasteiger partial charge in [-0.25, -0.2) is 14.2 Å². The van der Waals surface area contributed by atoms with Gasteiger partial charge in [0.15, 0.2) is 0 Å². The predicted molar refractivity (Wildman–Crippen MR) is 138 cm³/mol. The van der Waals surface area contributed by atoms with Gasteiger partial charge in [0.1, 0.15) is 11.6 Å². The maximum atomic E-state index is 13.2. The molecule has 4 rings (SSSR count). The summed E-state index contributed by atoms with van der Waals surface area (Å²) in [6, 6.07) is 20.2. The molecular formula is C24H20F2IN7. The van der Waals surface area contributed by atoms with Gasteiger partial charge in [0.25, 0.3) is 0 Å². The second kappa shape index (κ2) is 11.5. The molecule has 3 N–H and O–H groups in total. The zero-order chi connectivity index (χ0) is 23.8. The van der Waals surface area contributed by atoms with E-state index in [9.17, 15) is 8.78 Å². The fourth-order valence-electron chi connectivity index (χ4n) is 2.86. The third kappa shape index (κ3) is 7.17.